The Morgan fingerprint density at radius 3 is 2.05 bits per heavy atom. The molecule has 2 aromatic rings. The SMILES string of the molecule is CC(C(=O)NC1CCC(Nc2cc(S(=O)(=O)O)c(N)c3c2C(=O)c2ccccc2C3=O)CC1)P(=O)(O)O. The van der Waals surface area contributed by atoms with Gasteiger partial charge in [-0.25, -0.2) is 0 Å². The zero-order valence-electron chi connectivity index (χ0n) is 19.7. The summed E-state index contributed by atoms with van der Waals surface area (Å²) in [5.74, 6) is -1.91. The van der Waals surface area contributed by atoms with Gasteiger partial charge in [0.2, 0.25) is 5.91 Å². The number of hydrogen-bond acceptors (Lipinski definition) is 8. The Morgan fingerprint density at radius 2 is 1.54 bits per heavy atom. The quantitative estimate of drug-likeness (QED) is 0.147. The van der Waals surface area contributed by atoms with Crippen LogP contribution < -0.4 is 16.4 Å². The number of carbonyl (C=O) groups excluding carboxylic acids is 3. The van der Waals surface area contributed by atoms with Gasteiger partial charge in [0, 0.05) is 28.9 Å². The topological polar surface area (TPSA) is 213 Å². The fourth-order valence-corrected chi connectivity index (χ4v) is 5.72. The van der Waals surface area contributed by atoms with Crippen LogP contribution in [-0.2, 0) is 19.5 Å². The molecule has 14 heteroatoms. The number of ketones is 2. The molecule has 198 valence electrons. The van der Waals surface area contributed by atoms with Crippen molar-refractivity contribution in [1.29, 1.82) is 0 Å². The smallest absolute Gasteiger partial charge is 0.337 e. The van der Waals surface area contributed by atoms with E-state index in [2.05, 4.69) is 10.6 Å². The van der Waals surface area contributed by atoms with E-state index >= 15 is 0 Å². The summed E-state index contributed by atoms with van der Waals surface area (Å²) in [4.78, 5) is 56.5. The van der Waals surface area contributed by atoms with Crippen molar-refractivity contribution in [2.75, 3.05) is 11.1 Å². The maximum Gasteiger partial charge on any atom is 0.337 e. The Labute approximate surface area is 212 Å². The molecule has 2 aliphatic carbocycles. The highest BCUT2D eigenvalue weighted by Crippen LogP contribution is 2.42. The van der Waals surface area contributed by atoms with Gasteiger partial charge in [0.25, 0.3) is 10.1 Å². The van der Waals surface area contributed by atoms with E-state index in [1.165, 1.54) is 12.1 Å². The Hall–Kier alpha value is -3.09. The van der Waals surface area contributed by atoms with Crippen LogP contribution in [0.4, 0.5) is 11.4 Å². The zero-order valence-corrected chi connectivity index (χ0v) is 21.4. The first kappa shape index (κ1) is 27.0. The van der Waals surface area contributed by atoms with E-state index < -0.39 is 51.4 Å². The number of benzene rings is 2. The lowest BCUT2D eigenvalue weighted by Gasteiger charge is -2.32. The highest BCUT2D eigenvalue weighted by molar-refractivity contribution is 7.86. The molecule has 0 bridgehead atoms. The van der Waals surface area contributed by atoms with Gasteiger partial charge in [0.15, 0.2) is 11.6 Å². The van der Waals surface area contributed by atoms with Crippen molar-refractivity contribution in [1.82, 2.24) is 5.32 Å². The summed E-state index contributed by atoms with van der Waals surface area (Å²) in [6.45, 7) is 1.15. The second-order valence-corrected chi connectivity index (χ2v) is 12.6. The molecule has 0 radical (unpaired) electrons. The molecule has 37 heavy (non-hydrogen) atoms. The molecule has 1 atom stereocenters. The third kappa shape index (κ3) is 5.18. The molecule has 2 aromatic carbocycles. The van der Waals surface area contributed by atoms with E-state index in [1.807, 2.05) is 0 Å². The summed E-state index contributed by atoms with van der Waals surface area (Å²) in [6, 6.07) is 6.50. The van der Waals surface area contributed by atoms with Gasteiger partial charge in [-0.05, 0) is 38.7 Å². The van der Waals surface area contributed by atoms with Crippen LogP contribution in [0.25, 0.3) is 0 Å². The minimum atomic E-state index is -4.83. The Balaban J connectivity index is 1.62. The average Bonchev–Trinajstić information content (AvgIpc) is 2.82. The van der Waals surface area contributed by atoms with Crippen LogP contribution in [0.15, 0.2) is 35.2 Å². The summed E-state index contributed by atoms with van der Waals surface area (Å²) in [5.41, 5.74) is 3.87. The molecular weight excluding hydrogens is 525 g/mol. The molecular formula is C23H26N3O9PS. The van der Waals surface area contributed by atoms with Crippen molar-refractivity contribution in [3.63, 3.8) is 0 Å². The molecule has 0 aromatic heterocycles. The minimum absolute atomic E-state index is 0.0345. The van der Waals surface area contributed by atoms with Gasteiger partial charge in [0.1, 0.15) is 10.6 Å². The van der Waals surface area contributed by atoms with Gasteiger partial charge in [-0.1, -0.05) is 24.3 Å². The van der Waals surface area contributed by atoms with Gasteiger partial charge >= 0.3 is 7.60 Å². The number of amides is 1. The molecule has 12 nitrogen and oxygen atoms in total. The van der Waals surface area contributed by atoms with Gasteiger partial charge in [-0.3, -0.25) is 23.5 Å². The number of fused-ring (bicyclic) bond motifs is 2. The standard InChI is InChI=1S/C23H26N3O9PS/c1-11(36(30,31)32)23(29)26-13-8-6-12(7-9-13)25-16-10-17(37(33,34)35)20(24)19-18(16)21(27)14-4-2-3-5-15(14)22(19)28/h2-5,10-13,25H,6-9,24H2,1H3,(H,26,29)(H2,30,31,32)(H,33,34,35). The lowest BCUT2D eigenvalue weighted by Crippen LogP contribution is -2.43. The van der Waals surface area contributed by atoms with Crippen LogP contribution in [0.3, 0.4) is 0 Å². The highest BCUT2D eigenvalue weighted by Gasteiger charge is 2.37. The monoisotopic (exact) mass is 551 g/mol. The summed E-state index contributed by atoms with van der Waals surface area (Å²) in [7, 11) is -9.40. The zero-order chi connectivity index (χ0) is 27.3. The van der Waals surface area contributed by atoms with Crippen molar-refractivity contribution in [3.05, 3.63) is 52.6 Å². The molecule has 1 unspecified atom stereocenters. The van der Waals surface area contributed by atoms with E-state index in [-0.39, 0.29) is 40.0 Å². The minimum Gasteiger partial charge on any atom is -0.397 e. The third-order valence-electron chi connectivity index (χ3n) is 6.80. The molecule has 7 N–H and O–H groups in total. The van der Waals surface area contributed by atoms with E-state index in [0.29, 0.717) is 25.7 Å². The van der Waals surface area contributed by atoms with Crippen LogP contribution in [0.2, 0.25) is 0 Å². The summed E-state index contributed by atoms with van der Waals surface area (Å²) >= 11 is 0. The van der Waals surface area contributed by atoms with Crippen LogP contribution in [0, 0.1) is 0 Å². The van der Waals surface area contributed by atoms with Crippen LogP contribution in [0.1, 0.15) is 64.4 Å². The van der Waals surface area contributed by atoms with Crippen LogP contribution in [-0.4, -0.2) is 58.0 Å². The summed E-state index contributed by atoms with van der Waals surface area (Å²) < 4.78 is 45.2. The first-order valence-corrected chi connectivity index (χ1v) is 14.6. The largest absolute Gasteiger partial charge is 0.397 e. The predicted molar refractivity (Wildman–Crippen MR) is 133 cm³/mol. The van der Waals surface area contributed by atoms with Gasteiger partial charge in [-0.15, -0.1) is 0 Å². The first-order valence-electron chi connectivity index (χ1n) is 11.4. The second-order valence-electron chi connectivity index (χ2n) is 9.23. The fourth-order valence-electron chi connectivity index (χ4n) is 4.70. The average molecular weight is 552 g/mol. The summed E-state index contributed by atoms with van der Waals surface area (Å²) in [5, 5.41) is 5.74. The second kappa shape index (κ2) is 9.66. The third-order valence-corrected chi connectivity index (χ3v) is 8.93. The summed E-state index contributed by atoms with van der Waals surface area (Å²) in [6.07, 6.45) is 1.78. The normalized spacial score (nSPS) is 20.5. The fraction of sp³-hybridized carbons (Fsp3) is 0.348. The highest BCUT2D eigenvalue weighted by atomic mass is 32.2. The molecule has 1 amide bonds. The predicted octanol–water partition coefficient (Wildman–Crippen LogP) is 1.70. The number of nitrogens with two attached hydrogens (primary N) is 1. The molecule has 0 spiro atoms. The number of anilines is 2. The lowest BCUT2D eigenvalue weighted by molar-refractivity contribution is -0.121. The molecule has 2 aliphatic rings. The van der Waals surface area contributed by atoms with Crippen molar-refractivity contribution in [3.8, 4) is 0 Å². The van der Waals surface area contributed by atoms with E-state index in [1.54, 1.807) is 12.1 Å². The van der Waals surface area contributed by atoms with Crippen LogP contribution in [0.5, 0.6) is 0 Å². The molecule has 4 rings (SSSR count). The number of hydrogen-bond donors (Lipinski definition) is 6. The lowest BCUT2D eigenvalue weighted by atomic mass is 9.82. The van der Waals surface area contributed by atoms with E-state index in [9.17, 15) is 41.7 Å². The molecule has 0 aliphatic heterocycles. The number of rotatable bonds is 6. The van der Waals surface area contributed by atoms with Gasteiger partial charge in [0.05, 0.1) is 16.8 Å². The van der Waals surface area contributed by atoms with Crippen molar-refractivity contribution >= 4 is 46.6 Å². The van der Waals surface area contributed by atoms with Gasteiger partial charge < -0.3 is 26.2 Å². The molecule has 1 fully saturated rings. The van der Waals surface area contributed by atoms with Crippen molar-refractivity contribution in [2.45, 2.75) is 55.2 Å². The maximum absolute atomic E-state index is 13.4. The Kier molecular flexibility index (Phi) is 7.04. The van der Waals surface area contributed by atoms with E-state index in [4.69, 9.17) is 5.73 Å². The molecule has 0 heterocycles. The Bertz CT molecular complexity index is 1460. The number of nitrogens with one attached hydrogen (secondary N) is 2. The van der Waals surface area contributed by atoms with E-state index in [0.717, 1.165) is 13.0 Å². The van der Waals surface area contributed by atoms with Crippen molar-refractivity contribution < 1.29 is 41.7 Å². The number of carbonyl (C=O) groups is 3. The maximum atomic E-state index is 13.4. The molecule has 1 saturated carbocycles. The van der Waals surface area contributed by atoms with Crippen LogP contribution >= 0.6 is 7.60 Å². The van der Waals surface area contributed by atoms with Gasteiger partial charge in [-0.2, -0.15) is 8.42 Å². The van der Waals surface area contributed by atoms with Crippen molar-refractivity contribution in [2.24, 2.45) is 0 Å². The molecule has 0 saturated heterocycles. The number of nitrogen functional groups attached to an aromatic ring is 1. The Morgan fingerprint density at radius 1 is 1.03 bits per heavy atom. The first-order chi connectivity index (χ1) is 17.2.